The smallest absolute Gasteiger partial charge is 0.250 e. The van der Waals surface area contributed by atoms with Crippen molar-refractivity contribution >= 4 is 22.6 Å². The molecule has 3 aliphatic rings. The molecule has 3 rings (SSSR count). The molecule has 0 aliphatic heterocycles. The van der Waals surface area contributed by atoms with E-state index >= 15 is 0 Å². The van der Waals surface area contributed by atoms with Gasteiger partial charge < -0.3 is 0 Å². The molecule has 158 valence electrons. The van der Waals surface area contributed by atoms with Gasteiger partial charge in [-0.3, -0.25) is 0 Å². The monoisotopic (exact) mass is 502 g/mol. The van der Waals surface area contributed by atoms with Crippen LogP contribution in [0.5, 0.6) is 0 Å². The molecule has 0 bridgehead atoms. The SMILES string of the molecule is CCCC1C(CC(F)(F)F)CCC2C1CCC1(C)C(CC(I)CF)CCC21. The molecular formula is C22H35F4I. The lowest BCUT2D eigenvalue weighted by Gasteiger charge is -2.55. The number of hydrogen-bond acceptors (Lipinski definition) is 0. The molecule has 0 aromatic rings. The minimum atomic E-state index is -4.03. The fourth-order valence-corrected chi connectivity index (χ4v) is 8.05. The zero-order chi connectivity index (χ0) is 19.8. The summed E-state index contributed by atoms with van der Waals surface area (Å²) in [5.74, 6) is 2.42. The van der Waals surface area contributed by atoms with Gasteiger partial charge >= 0.3 is 6.18 Å². The molecule has 0 heterocycles. The minimum Gasteiger partial charge on any atom is -0.250 e. The Morgan fingerprint density at radius 3 is 2.44 bits per heavy atom. The second-order valence-electron chi connectivity index (χ2n) is 9.85. The van der Waals surface area contributed by atoms with Crippen LogP contribution in [-0.2, 0) is 0 Å². The maximum atomic E-state index is 13.1. The highest BCUT2D eigenvalue weighted by Crippen LogP contribution is 2.64. The summed E-state index contributed by atoms with van der Waals surface area (Å²) in [5, 5.41) is 0. The van der Waals surface area contributed by atoms with Crippen LogP contribution in [0.4, 0.5) is 17.6 Å². The van der Waals surface area contributed by atoms with Gasteiger partial charge in [0.05, 0.1) is 0 Å². The molecule has 0 N–H and O–H groups in total. The van der Waals surface area contributed by atoms with Crippen LogP contribution >= 0.6 is 22.6 Å². The van der Waals surface area contributed by atoms with Gasteiger partial charge in [0, 0.05) is 10.3 Å². The summed E-state index contributed by atoms with van der Waals surface area (Å²) in [6.07, 6.45) is 4.65. The Morgan fingerprint density at radius 2 is 1.81 bits per heavy atom. The second-order valence-corrected chi connectivity index (χ2v) is 11.6. The molecule has 27 heavy (non-hydrogen) atoms. The van der Waals surface area contributed by atoms with Crippen LogP contribution in [0.25, 0.3) is 0 Å². The van der Waals surface area contributed by atoms with Gasteiger partial charge in [0.2, 0.25) is 0 Å². The molecule has 0 radical (unpaired) electrons. The van der Waals surface area contributed by atoms with Crippen molar-refractivity contribution in [2.45, 2.75) is 88.2 Å². The normalized spacial score (nSPS) is 43.2. The first kappa shape index (κ1) is 22.1. The number of alkyl halides is 5. The molecule has 3 saturated carbocycles. The molecule has 8 unspecified atom stereocenters. The fraction of sp³-hybridized carbons (Fsp3) is 1.00. The number of hydrogen-bond donors (Lipinski definition) is 0. The summed E-state index contributed by atoms with van der Waals surface area (Å²) in [6.45, 7) is 4.29. The molecule has 5 heteroatoms. The van der Waals surface area contributed by atoms with Crippen LogP contribution in [0.1, 0.15) is 78.1 Å². The zero-order valence-electron chi connectivity index (χ0n) is 16.7. The van der Waals surface area contributed by atoms with Crippen molar-refractivity contribution < 1.29 is 17.6 Å². The van der Waals surface area contributed by atoms with E-state index in [0.717, 1.165) is 44.9 Å². The van der Waals surface area contributed by atoms with E-state index < -0.39 is 12.6 Å². The standard InChI is InChI=1S/C22H35F4I/c1-3-4-17-14(12-22(24,25)26)5-7-19-18(17)9-10-21(2)15(6-8-20(19)21)11-16(27)13-23/h14-20H,3-13H2,1-2H3. The molecular weight excluding hydrogens is 467 g/mol. The highest BCUT2D eigenvalue weighted by atomic mass is 127. The van der Waals surface area contributed by atoms with Crippen LogP contribution in [0.15, 0.2) is 0 Å². The Bertz CT molecular complexity index is 493. The van der Waals surface area contributed by atoms with Gasteiger partial charge in [0.15, 0.2) is 0 Å². The van der Waals surface area contributed by atoms with E-state index in [9.17, 15) is 17.6 Å². The van der Waals surface area contributed by atoms with E-state index in [-0.39, 0.29) is 27.9 Å². The van der Waals surface area contributed by atoms with Crippen molar-refractivity contribution in [3.63, 3.8) is 0 Å². The third-order valence-corrected chi connectivity index (χ3v) is 9.38. The van der Waals surface area contributed by atoms with Gasteiger partial charge in [-0.25, -0.2) is 4.39 Å². The predicted octanol–water partition coefficient (Wildman–Crippen LogP) is 7.99. The van der Waals surface area contributed by atoms with Gasteiger partial charge in [0.1, 0.15) is 6.67 Å². The maximum Gasteiger partial charge on any atom is 0.389 e. The van der Waals surface area contributed by atoms with Crippen LogP contribution in [0, 0.1) is 40.9 Å². The third kappa shape index (κ3) is 4.63. The maximum absolute atomic E-state index is 13.1. The predicted molar refractivity (Wildman–Crippen MR) is 111 cm³/mol. The molecule has 8 atom stereocenters. The minimum absolute atomic E-state index is 0.108. The topological polar surface area (TPSA) is 0 Å². The van der Waals surface area contributed by atoms with E-state index in [1.54, 1.807) is 0 Å². The summed E-state index contributed by atoms with van der Waals surface area (Å²) in [5.41, 5.74) is 0.285. The number of rotatable bonds is 6. The van der Waals surface area contributed by atoms with Crippen molar-refractivity contribution in [3.8, 4) is 0 Å². The van der Waals surface area contributed by atoms with Crippen LogP contribution < -0.4 is 0 Å². The Hall–Kier alpha value is 0.450. The molecule has 0 saturated heterocycles. The first-order chi connectivity index (χ1) is 12.7. The largest absolute Gasteiger partial charge is 0.389 e. The average Bonchev–Trinajstić information content (AvgIpc) is 2.92. The van der Waals surface area contributed by atoms with Crippen molar-refractivity contribution in [2.75, 3.05) is 6.67 Å². The molecule has 0 aromatic carbocycles. The van der Waals surface area contributed by atoms with E-state index in [0.29, 0.717) is 23.7 Å². The van der Waals surface area contributed by atoms with E-state index in [4.69, 9.17) is 0 Å². The molecule has 0 amide bonds. The average molecular weight is 502 g/mol. The van der Waals surface area contributed by atoms with E-state index in [1.807, 2.05) is 0 Å². The van der Waals surface area contributed by atoms with Crippen molar-refractivity contribution in [3.05, 3.63) is 0 Å². The van der Waals surface area contributed by atoms with Crippen molar-refractivity contribution in [1.82, 2.24) is 0 Å². The van der Waals surface area contributed by atoms with Crippen molar-refractivity contribution in [1.29, 1.82) is 0 Å². The Labute approximate surface area is 175 Å². The van der Waals surface area contributed by atoms with Crippen molar-refractivity contribution in [2.24, 2.45) is 40.9 Å². The number of fused-ring (bicyclic) bond motifs is 3. The summed E-state index contributed by atoms with van der Waals surface area (Å²) < 4.78 is 52.6. The summed E-state index contributed by atoms with van der Waals surface area (Å²) in [4.78, 5) is 0. The van der Waals surface area contributed by atoms with Gasteiger partial charge in [-0.15, -0.1) is 0 Å². The lowest BCUT2D eigenvalue weighted by Crippen LogP contribution is -2.48. The van der Waals surface area contributed by atoms with Crippen LogP contribution in [0.3, 0.4) is 0 Å². The summed E-state index contributed by atoms with van der Waals surface area (Å²) in [7, 11) is 0. The summed E-state index contributed by atoms with van der Waals surface area (Å²) >= 11 is 2.25. The molecule has 3 aliphatic carbocycles. The Balaban J connectivity index is 1.75. The molecule has 0 nitrogen and oxygen atoms in total. The quantitative estimate of drug-likeness (QED) is 0.196. The van der Waals surface area contributed by atoms with Crippen LogP contribution in [0.2, 0.25) is 0 Å². The van der Waals surface area contributed by atoms with E-state index in [2.05, 4.69) is 36.4 Å². The van der Waals surface area contributed by atoms with Gasteiger partial charge in [-0.2, -0.15) is 13.2 Å². The molecule has 0 aromatic heterocycles. The lowest BCUT2D eigenvalue weighted by atomic mass is 9.50. The zero-order valence-corrected chi connectivity index (χ0v) is 18.9. The van der Waals surface area contributed by atoms with Crippen LogP contribution in [-0.4, -0.2) is 16.8 Å². The lowest BCUT2D eigenvalue weighted by molar-refractivity contribution is -0.160. The van der Waals surface area contributed by atoms with Gasteiger partial charge in [-0.05, 0) is 85.9 Å². The molecule has 0 spiro atoms. The molecule has 3 fully saturated rings. The first-order valence-electron chi connectivity index (χ1n) is 11.0. The highest BCUT2D eigenvalue weighted by Gasteiger charge is 2.56. The third-order valence-electron chi connectivity index (χ3n) is 8.54. The fourth-order valence-electron chi connectivity index (χ4n) is 7.44. The van der Waals surface area contributed by atoms with Gasteiger partial charge in [-0.1, -0.05) is 49.3 Å². The highest BCUT2D eigenvalue weighted by molar-refractivity contribution is 14.1. The Kier molecular flexibility index (Phi) is 7.11. The number of halogens is 5. The summed E-state index contributed by atoms with van der Waals surface area (Å²) in [6, 6.07) is 0. The van der Waals surface area contributed by atoms with Gasteiger partial charge in [0.25, 0.3) is 0 Å². The van der Waals surface area contributed by atoms with E-state index in [1.165, 1.54) is 12.8 Å². The Morgan fingerprint density at radius 1 is 1.07 bits per heavy atom. The first-order valence-corrected chi connectivity index (χ1v) is 12.2. The second kappa shape index (κ2) is 8.67.